The Morgan fingerprint density at radius 1 is 1.00 bits per heavy atom. The minimum absolute atomic E-state index is 0.0561. The number of nitrogens with zero attached hydrogens (tertiary/aromatic N) is 5. The zero-order valence-corrected chi connectivity index (χ0v) is 17.3. The normalized spacial score (nSPS) is 14.5. The summed E-state index contributed by atoms with van der Waals surface area (Å²) in [4.78, 5) is 21.7. The molecular formula is C24H20N6O2. The molecule has 1 N–H and O–H groups in total. The Balaban J connectivity index is 1.53. The van der Waals surface area contributed by atoms with Crippen LogP contribution in [-0.2, 0) is 11.3 Å². The average molecular weight is 424 g/mol. The van der Waals surface area contributed by atoms with Gasteiger partial charge in [-0.3, -0.25) is 19.9 Å². The maximum Gasteiger partial charge on any atom is 0.409 e. The first-order chi connectivity index (χ1) is 15.7. The number of ether oxygens (including phenoxy) is 1. The molecule has 32 heavy (non-hydrogen) atoms. The van der Waals surface area contributed by atoms with Crippen LogP contribution in [0.15, 0.2) is 84.0 Å². The van der Waals surface area contributed by atoms with Crippen LogP contribution in [0.25, 0.3) is 5.69 Å². The molecule has 0 aliphatic carbocycles. The van der Waals surface area contributed by atoms with E-state index in [-0.39, 0.29) is 6.61 Å². The quantitative estimate of drug-likeness (QED) is 0.538. The summed E-state index contributed by atoms with van der Waals surface area (Å²) in [7, 11) is 0. The number of rotatable bonds is 4. The fraction of sp³-hybridized carbons (Fsp3) is 0.125. The summed E-state index contributed by atoms with van der Waals surface area (Å²) in [6, 6.07) is 23.2. The number of para-hydroxylation sites is 1. The Morgan fingerprint density at radius 3 is 2.59 bits per heavy atom. The van der Waals surface area contributed by atoms with Gasteiger partial charge in [0.15, 0.2) is 12.0 Å². The highest BCUT2D eigenvalue weighted by atomic mass is 16.5. The third-order valence-corrected chi connectivity index (χ3v) is 5.13. The monoisotopic (exact) mass is 424 g/mol. The second-order valence-corrected chi connectivity index (χ2v) is 7.25. The van der Waals surface area contributed by atoms with E-state index in [0.29, 0.717) is 17.3 Å². The highest BCUT2D eigenvalue weighted by molar-refractivity contribution is 6.15. The summed E-state index contributed by atoms with van der Waals surface area (Å²) in [5.41, 5.74) is 4.17. The van der Waals surface area contributed by atoms with Gasteiger partial charge in [0.1, 0.15) is 12.4 Å². The van der Waals surface area contributed by atoms with E-state index in [1.165, 1.54) is 0 Å². The summed E-state index contributed by atoms with van der Waals surface area (Å²) >= 11 is 0. The Morgan fingerprint density at radius 2 is 1.78 bits per heavy atom. The lowest BCUT2D eigenvalue weighted by molar-refractivity contribution is 0.134. The van der Waals surface area contributed by atoms with Gasteiger partial charge in [0.05, 0.1) is 17.1 Å². The second kappa shape index (κ2) is 8.43. The van der Waals surface area contributed by atoms with Crippen LogP contribution in [0.5, 0.6) is 0 Å². The zero-order chi connectivity index (χ0) is 21.9. The molecule has 1 amide bonds. The minimum Gasteiger partial charge on any atom is -0.443 e. The van der Waals surface area contributed by atoms with Crippen LogP contribution in [0.2, 0.25) is 0 Å². The van der Waals surface area contributed by atoms with E-state index in [1.807, 2.05) is 78.2 Å². The maximum absolute atomic E-state index is 12.6. The summed E-state index contributed by atoms with van der Waals surface area (Å²) in [5.74, 6) is 1.21. The van der Waals surface area contributed by atoms with Crippen molar-refractivity contribution in [2.75, 3.05) is 0 Å². The summed E-state index contributed by atoms with van der Waals surface area (Å²) in [6.07, 6.45) is 0.255. The topological polar surface area (TPSA) is 94.3 Å². The van der Waals surface area contributed by atoms with Gasteiger partial charge in [0.25, 0.3) is 0 Å². The number of pyridine rings is 1. The van der Waals surface area contributed by atoms with Crippen molar-refractivity contribution in [3.05, 3.63) is 107 Å². The molecule has 0 radical (unpaired) electrons. The number of aliphatic imine (C=N–C) groups is 1. The number of aromatic nitrogens is 4. The predicted molar refractivity (Wildman–Crippen MR) is 118 cm³/mol. The number of aryl methyl sites for hydroxylation is 1. The number of fused-ring (bicyclic) bond motifs is 3. The van der Waals surface area contributed by atoms with Gasteiger partial charge < -0.3 is 4.74 Å². The summed E-state index contributed by atoms with van der Waals surface area (Å²) in [5, 5.41) is 11.4. The van der Waals surface area contributed by atoms with Crippen LogP contribution in [0.1, 0.15) is 34.6 Å². The average Bonchev–Trinajstić information content (AvgIpc) is 3.16. The molecule has 1 aliphatic heterocycles. The summed E-state index contributed by atoms with van der Waals surface area (Å²) < 4.78 is 7.29. The largest absolute Gasteiger partial charge is 0.443 e. The number of amides is 1. The van der Waals surface area contributed by atoms with E-state index in [9.17, 15) is 4.79 Å². The third-order valence-electron chi connectivity index (χ3n) is 5.13. The molecule has 0 saturated heterocycles. The number of alkyl carbamates (subject to hydrolysis) is 1. The van der Waals surface area contributed by atoms with Crippen LogP contribution in [0, 0.1) is 6.92 Å². The van der Waals surface area contributed by atoms with Gasteiger partial charge in [-0.2, -0.15) is 0 Å². The number of carbonyl (C=O) groups excluding carboxylic acids is 1. The van der Waals surface area contributed by atoms with Crippen LogP contribution >= 0.6 is 0 Å². The Bertz CT molecular complexity index is 1280. The molecule has 1 aliphatic rings. The smallest absolute Gasteiger partial charge is 0.409 e. The van der Waals surface area contributed by atoms with Crippen molar-refractivity contribution in [1.29, 1.82) is 0 Å². The molecular weight excluding hydrogens is 404 g/mol. The number of nitrogens with one attached hydrogen (secondary N) is 1. The molecule has 1 atom stereocenters. The van der Waals surface area contributed by atoms with Crippen LogP contribution < -0.4 is 5.32 Å². The minimum atomic E-state index is -0.782. The molecule has 2 aromatic heterocycles. The molecule has 1 unspecified atom stereocenters. The van der Waals surface area contributed by atoms with Crippen molar-refractivity contribution >= 4 is 11.8 Å². The molecule has 0 bridgehead atoms. The third kappa shape index (κ3) is 3.74. The number of hydrogen-bond donors (Lipinski definition) is 1. The Labute approximate surface area is 184 Å². The number of carbonyl (C=O) groups is 1. The standard InChI is InChI=1S/C24H20N6O2/c1-16-28-29-23-22(27-24(31)32-15-18-11-7-8-14-25-18)26-21(17-9-3-2-4-10-17)19-12-5-6-13-20(19)30(16)23/h2-14,22H,15H2,1H3,(H,27,31). The van der Waals surface area contributed by atoms with Gasteiger partial charge in [-0.15, -0.1) is 10.2 Å². The highest BCUT2D eigenvalue weighted by Gasteiger charge is 2.29. The van der Waals surface area contributed by atoms with E-state index >= 15 is 0 Å². The number of hydrogen-bond acceptors (Lipinski definition) is 6. The van der Waals surface area contributed by atoms with Gasteiger partial charge in [-0.25, -0.2) is 4.79 Å². The fourth-order valence-electron chi connectivity index (χ4n) is 3.68. The van der Waals surface area contributed by atoms with Crippen LogP contribution in [0.4, 0.5) is 4.79 Å². The van der Waals surface area contributed by atoms with Gasteiger partial charge in [0.2, 0.25) is 0 Å². The van der Waals surface area contributed by atoms with Crippen LogP contribution in [0.3, 0.4) is 0 Å². The van der Waals surface area contributed by atoms with Gasteiger partial charge >= 0.3 is 6.09 Å². The Kier molecular flexibility index (Phi) is 5.17. The molecule has 3 heterocycles. The molecule has 0 fully saturated rings. The van der Waals surface area contributed by atoms with Gasteiger partial charge in [-0.1, -0.05) is 54.6 Å². The van der Waals surface area contributed by atoms with E-state index in [4.69, 9.17) is 9.73 Å². The molecule has 0 saturated carbocycles. The number of benzene rings is 2. The molecule has 8 heteroatoms. The molecule has 2 aromatic carbocycles. The Hall–Kier alpha value is -4.33. The lowest BCUT2D eigenvalue weighted by Crippen LogP contribution is -2.30. The maximum atomic E-state index is 12.6. The fourth-order valence-corrected chi connectivity index (χ4v) is 3.68. The molecule has 5 rings (SSSR count). The SMILES string of the molecule is Cc1nnc2n1-c1ccccc1C(c1ccccc1)=NC2NC(=O)OCc1ccccn1. The molecule has 4 aromatic rings. The van der Waals surface area contributed by atoms with Crippen molar-refractivity contribution in [2.45, 2.75) is 19.7 Å². The van der Waals surface area contributed by atoms with E-state index < -0.39 is 12.3 Å². The predicted octanol–water partition coefficient (Wildman–Crippen LogP) is 3.75. The lowest BCUT2D eigenvalue weighted by atomic mass is 10.0. The summed E-state index contributed by atoms with van der Waals surface area (Å²) in [6.45, 7) is 1.93. The first-order valence-corrected chi connectivity index (χ1v) is 10.2. The highest BCUT2D eigenvalue weighted by Crippen LogP contribution is 2.29. The molecule has 158 valence electrons. The van der Waals surface area contributed by atoms with Crippen LogP contribution in [-0.4, -0.2) is 31.6 Å². The molecule has 0 spiro atoms. The van der Waals surface area contributed by atoms with Crippen molar-refractivity contribution in [3.8, 4) is 5.69 Å². The molecule has 8 nitrogen and oxygen atoms in total. The van der Waals surface area contributed by atoms with Crippen molar-refractivity contribution in [2.24, 2.45) is 4.99 Å². The van der Waals surface area contributed by atoms with Crippen molar-refractivity contribution in [3.63, 3.8) is 0 Å². The lowest BCUT2D eigenvalue weighted by Gasteiger charge is -2.14. The first-order valence-electron chi connectivity index (χ1n) is 10.2. The van der Waals surface area contributed by atoms with Gasteiger partial charge in [0, 0.05) is 17.3 Å². The van der Waals surface area contributed by atoms with E-state index in [2.05, 4.69) is 20.5 Å². The van der Waals surface area contributed by atoms with Gasteiger partial charge in [-0.05, 0) is 25.1 Å². The van der Waals surface area contributed by atoms with E-state index in [1.54, 1.807) is 12.3 Å². The van der Waals surface area contributed by atoms with Crippen molar-refractivity contribution < 1.29 is 9.53 Å². The first kappa shape index (κ1) is 19.6. The van der Waals surface area contributed by atoms with E-state index in [0.717, 1.165) is 22.5 Å². The second-order valence-electron chi connectivity index (χ2n) is 7.25. The zero-order valence-electron chi connectivity index (χ0n) is 17.3. The van der Waals surface area contributed by atoms with Crippen molar-refractivity contribution in [1.82, 2.24) is 25.1 Å².